The molecule has 2 heterocycles. The van der Waals surface area contributed by atoms with E-state index in [1.165, 1.54) is 0 Å². The molecule has 0 spiro atoms. The highest BCUT2D eigenvalue weighted by Gasteiger charge is 2.21. The van der Waals surface area contributed by atoms with Crippen molar-refractivity contribution < 1.29 is 0 Å². The standard InChI is InChI=1S/C25H20N4S/c1-18-27-29-23(28(18)21-15-9-4-10-16-21)17-22(19-11-5-2-6-12-19)24(29)25(30)26-20-13-7-3-8-14-20/h2-17H,1H3,(H,26,30). The van der Waals surface area contributed by atoms with Crippen molar-refractivity contribution >= 4 is 28.5 Å². The third kappa shape index (κ3) is 3.19. The number of hydrogen-bond acceptors (Lipinski definition) is 2. The van der Waals surface area contributed by atoms with Crippen LogP contribution in [-0.2, 0) is 0 Å². The van der Waals surface area contributed by atoms with Crippen molar-refractivity contribution in [2.45, 2.75) is 6.92 Å². The van der Waals surface area contributed by atoms with Crippen LogP contribution in [0, 0.1) is 6.92 Å². The van der Waals surface area contributed by atoms with Crippen LogP contribution in [0.4, 0.5) is 5.69 Å². The Kier molecular flexibility index (Phi) is 4.65. The van der Waals surface area contributed by atoms with E-state index in [2.05, 4.69) is 40.2 Å². The van der Waals surface area contributed by atoms with E-state index >= 15 is 0 Å². The van der Waals surface area contributed by atoms with Gasteiger partial charge in [0.2, 0.25) is 0 Å². The molecule has 0 amide bonds. The average Bonchev–Trinajstić information content (AvgIpc) is 3.30. The van der Waals surface area contributed by atoms with Gasteiger partial charge in [0.15, 0.2) is 0 Å². The van der Waals surface area contributed by atoms with Crippen molar-refractivity contribution in [3.05, 3.63) is 109 Å². The summed E-state index contributed by atoms with van der Waals surface area (Å²) in [5.41, 5.74) is 6.04. The minimum absolute atomic E-state index is 0.637. The fraction of sp³-hybridized carbons (Fsp3) is 0.0400. The number of aromatic nitrogens is 3. The summed E-state index contributed by atoms with van der Waals surface area (Å²) in [6, 6.07) is 32.7. The zero-order chi connectivity index (χ0) is 20.5. The number of nitrogens with zero attached hydrogens (tertiary/aromatic N) is 3. The van der Waals surface area contributed by atoms with Gasteiger partial charge >= 0.3 is 0 Å². The molecule has 1 N–H and O–H groups in total. The lowest BCUT2D eigenvalue weighted by Gasteiger charge is -2.10. The largest absolute Gasteiger partial charge is 0.345 e. The van der Waals surface area contributed by atoms with Crippen LogP contribution in [0.15, 0.2) is 97.1 Å². The van der Waals surface area contributed by atoms with Gasteiger partial charge in [0, 0.05) is 16.9 Å². The molecule has 0 radical (unpaired) electrons. The third-order valence-electron chi connectivity index (χ3n) is 5.10. The topological polar surface area (TPSA) is 34.3 Å². The minimum Gasteiger partial charge on any atom is -0.345 e. The molecule has 0 saturated heterocycles. The van der Waals surface area contributed by atoms with E-state index < -0.39 is 0 Å². The Hall–Kier alpha value is -3.70. The molecule has 3 aromatic carbocycles. The minimum atomic E-state index is 0.637. The third-order valence-corrected chi connectivity index (χ3v) is 5.40. The van der Waals surface area contributed by atoms with E-state index in [9.17, 15) is 0 Å². The normalized spacial score (nSPS) is 11.0. The number of nitrogens with one attached hydrogen (secondary N) is 1. The van der Waals surface area contributed by atoms with Crippen LogP contribution in [0.1, 0.15) is 11.5 Å². The van der Waals surface area contributed by atoms with E-state index in [1.807, 2.05) is 78.2 Å². The number of benzene rings is 3. The molecule has 146 valence electrons. The zero-order valence-corrected chi connectivity index (χ0v) is 17.3. The first-order valence-electron chi connectivity index (χ1n) is 9.81. The molecular formula is C25H20N4S. The second-order valence-electron chi connectivity index (χ2n) is 7.08. The number of rotatable bonds is 4. The summed E-state index contributed by atoms with van der Waals surface area (Å²) in [6.07, 6.45) is 0. The summed E-state index contributed by atoms with van der Waals surface area (Å²) in [6.45, 7) is 2.01. The number of thiocarbonyl (C=S) groups is 1. The summed E-state index contributed by atoms with van der Waals surface area (Å²) in [5, 5.41) is 8.23. The number of aryl methyl sites for hydroxylation is 1. The molecule has 0 aliphatic rings. The van der Waals surface area contributed by atoms with Gasteiger partial charge in [0.25, 0.3) is 0 Å². The van der Waals surface area contributed by atoms with E-state index in [4.69, 9.17) is 17.3 Å². The second-order valence-corrected chi connectivity index (χ2v) is 7.49. The van der Waals surface area contributed by atoms with Gasteiger partial charge in [-0.3, -0.25) is 4.57 Å². The predicted molar refractivity (Wildman–Crippen MR) is 126 cm³/mol. The quantitative estimate of drug-likeness (QED) is 0.377. The molecule has 5 aromatic rings. The van der Waals surface area contributed by atoms with Crippen LogP contribution in [0.2, 0.25) is 0 Å². The van der Waals surface area contributed by atoms with Crippen molar-refractivity contribution in [2.24, 2.45) is 0 Å². The summed E-state index contributed by atoms with van der Waals surface area (Å²) in [5.74, 6) is 0.902. The van der Waals surface area contributed by atoms with Crippen LogP contribution in [0.25, 0.3) is 22.5 Å². The Balaban J connectivity index is 1.72. The molecule has 5 rings (SSSR count). The maximum Gasteiger partial charge on any atom is 0.141 e. The second kappa shape index (κ2) is 7.61. The Morgan fingerprint density at radius 3 is 2.10 bits per heavy atom. The Bertz CT molecular complexity index is 1320. The lowest BCUT2D eigenvalue weighted by molar-refractivity contribution is 0.919. The highest BCUT2D eigenvalue weighted by molar-refractivity contribution is 7.81. The molecule has 0 saturated carbocycles. The molecule has 4 nitrogen and oxygen atoms in total. The first kappa shape index (κ1) is 18.3. The highest BCUT2D eigenvalue weighted by atomic mass is 32.1. The van der Waals surface area contributed by atoms with E-state index in [0.29, 0.717) is 4.99 Å². The fourth-order valence-corrected chi connectivity index (χ4v) is 4.08. The number of para-hydroxylation sites is 2. The van der Waals surface area contributed by atoms with Crippen molar-refractivity contribution in [2.75, 3.05) is 5.32 Å². The van der Waals surface area contributed by atoms with Gasteiger partial charge in [-0.1, -0.05) is 78.9 Å². The summed E-state index contributed by atoms with van der Waals surface area (Å²) < 4.78 is 4.10. The van der Waals surface area contributed by atoms with Crippen molar-refractivity contribution in [1.29, 1.82) is 0 Å². The monoisotopic (exact) mass is 408 g/mol. The number of fused-ring (bicyclic) bond motifs is 1. The van der Waals surface area contributed by atoms with Gasteiger partial charge in [-0.25, -0.2) is 4.52 Å². The van der Waals surface area contributed by atoms with Gasteiger partial charge in [0.05, 0.1) is 0 Å². The van der Waals surface area contributed by atoms with E-state index in [-0.39, 0.29) is 0 Å². The molecule has 0 atom stereocenters. The lowest BCUT2D eigenvalue weighted by Crippen LogP contribution is -2.14. The SMILES string of the molecule is Cc1nn2c(C(=S)Nc3ccccc3)c(-c3ccccc3)cc2n1-c1ccccc1. The molecular weight excluding hydrogens is 388 g/mol. The Morgan fingerprint density at radius 2 is 1.43 bits per heavy atom. The molecule has 2 aromatic heterocycles. The maximum atomic E-state index is 5.86. The average molecular weight is 409 g/mol. The van der Waals surface area contributed by atoms with E-state index in [1.54, 1.807) is 0 Å². The first-order valence-corrected chi connectivity index (χ1v) is 10.2. The van der Waals surface area contributed by atoms with Gasteiger partial charge in [0.1, 0.15) is 22.2 Å². The van der Waals surface area contributed by atoms with Gasteiger partial charge < -0.3 is 5.32 Å². The predicted octanol–water partition coefficient (Wildman–Crippen LogP) is 5.89. The van der Waals surface area contributed by atoms with Crippen LogP contribution < -0.4 is 5.32 Å². The van der Waals surface area contributed by atoms with E-state index in [0.717, 1.165) is 39.7 Å². The number of hydrogen-bond donors (Lipinski definition) is 1. The van der Waals surface area contributed by atoms with Crippen LogP contribution in [0.5, 0.6) is 0 Å². The highest BCUT2D eigenvalue weighted by Crippen LogP contribution is 2.30. The Morgan fingerprint density at radius 1 is 0.833 bits per heavy atom. The maximum absolute atomic E-state index is 5.86. The molecule has 30 heavy (non-hydrogen) atoms. The summed E-state index contributed by atoms with van der Waals surface area (Å²) in [4.78, 5) is 0.637. The number of anilines is 1. The zero-order valence-electron chi connectivity index (χ0n) is 16.5. The smallest absolute Gasteiger partial charge is 0.141 e. The van der Waals surface area contributed by atoms with Gasteiger partial charge in [-0.05, 0) is 42.8 Å². The first-order chi connectivity index (χ1) is 14.7. The molecule has 0 aliphatic carbocycles. The van der Waals surface area contributed by atoms with Crippen molar-refractivity contribution in [3.63, 3.8) is 0 Å². The summed E-state index contributed by atoms with van der Waals surface area (Å²) >= 11 is 5.86. The molecule has 5 heteroatoms. The van der Waals surface area contributed by atoms with Crippen molar-refractivity contribution in [3.8, 4) is 16.8 Å². The van der Waals surface area contributed by atoms with Gasteiger partial charge in [-0.15, -0.1) is 0 Å². The molecule has 0 unspecified atom stereocenters. The van der Waals surface area contributed by atoms with Gasteiger partial charge in [-0.2, -0.15) is 5.10 Å². The molecule has 0 bridgehead atoms. The molecule has 0 fully saturated rings. The lowest BCUT2D eigenvalue weighted by atomic mass is 10.1. The van der Waals surface area contributed by atoms with Crippen LogP contribution in [-0.4, -0.2) is 19.2 Å². The van der Waals surface area contributed by atoms with Crippen LogP contribution >= 0.6 is 12.2 Å². The summed E-state index contributed by atoms with van der Waals surface area (Å²) in [7, 11) is 0. The van der Waals surface area contributed by atoms with Crippen molar-refractivity contribution in [1.82, 2.24) is 14.2 Å². The van der Waals surface area contributed by atoms with Crippen LogP contribution in [0.3, 0.4) is 0 Å². The fourth-order valence-electron chi connectivity index (χ4n) is 3.77. The Labute approximate surface area is 180 Å². The molecule has 0 aliphatic heterocycles.